The van der Waals surface area contributed by atoms with Gasteiger partial charge in [-0.05, 0) is 18.2 Å². The molecule has 17 heavy (non-hydrogen) atoms. The van der Waals surface area contributed by atoms with Gasteiger partial charge in [0, 0.05) is 18.6 Å². The second-order valence-electron chi connectivity index (χ2n) is 3.21. The fraction of sp³-hybridized carbons (Fsp3) is 0.0909. The van der Waals surface area contributed by atoms with Gasteiger partial charge in [-0.1, -0.05) is 0 Å². The molecular weight excluding hydrogens is 232 g/mol. The Labute approximate surface area is 95.6 Å². The van der Waals surface area contributed by atoms with Crippen LogP contribution in [0.4, 0.5) is 8.78 Å². The van der Waals surface area contributed by atoms with Gasteiger partial charge in [0.1, 0.15) is 17.3 Å². The molecule has 0 aliphatic carbocycles. The van der Waals surface area contributed by atoms with Crippen LogP contribution < -0.4 is 5.32 Å². The summed E-state index contributed by atoms with van der Waals surface area (Å²) in [5.74, 6) is -3.68. The topological polar surface area (TPSA) is 66.4 Å². The van der Waals surface area contributed by atoms with Crippen LogP contribution in [0, 0.1) is 11.6 Å². The van der Waals surface area contributed by atoms with E-state index in [0.29, 0.717) is 6.07 Å². The highest BCUT2D eigenvalue weighted by atomic mass is 19.1. The number of carboxylic acids is 1. The Morgan fingerprint density at radius 1 is 1.35 bits per heavy atom. The van der Waals surface area contributed by atoms with E-state index in [1.165, 1.54) is 0 Å². The van der Waals surface area contributed by atoms with E-state index in [0.717, 1.165) is 25.1 Å². The van der Waals surface area contributed by atoms with Crippen molar-refractivity contribution in [3.63, 3.8) is 0 Å². The summed E-state index contributed by atoms with van der Waals surface area (Å²) in [6.07, 6.45) is 0.915. The van der Waals surface area contributed by atoms with Crippen molar-refractivity contribution in [3.8, 4) is 0 Å². The molecule has 90 valence electrons. The Morgan fingerprint density at radius 2 is 2.00 bits per heavy atom. The van der Waals surface area contributed by atoms with Gasteiger partial charge >= 0.3 is 5.97 Å². The van der Waals surface area contributed by atoms with Gasteiger partial charge in [0.05, 0.1) is 0 Å². The lowest BCUT2D eigenvalue weighted by molar-refractivity contribution is -0.134. The van der Waals surface area contributed by atoms with Crippen LogP contribution in [0.25, 0.3) is 6.08 Å². The number of nitrogens with one attached hydrogen (secondary N) is 1. The van der Waals surface area contributed by atoms with Crippen LogP contribution in [0.2, 0.25) is 0 Å². The first-order chi connectivity index (χ1) is 7.90. The largest absolute Gasteiger partial charge is 0.477 e. The van der Waals surface area contributed by atoms with E-state index in [1.54, 1.807) is 0 Å². The maximum atomic E-state index is 13.2. The highest BCUT2D eigenvalue weighted by molar-refractivity contribution is 5.96. The maximum Gasteiger partial charge on any atom is 0.352 e. The Balaban J connectivity index is 3.12. The SMILES string of the molecule is CC(=O)N/C(=C/c1ccc(F)cc1F)C(=O)O. The van der Waals surface area contributed by atoms with E-state index in [-0.39, 0.29) is 5.56 Å². The summed E-state index contributed by atoms with van der Waals surface area (Å²) < 4.78 is 25.8. The zero-order valence-corrected chi connectivity index (χ0v) is 8.83. The van der Waals surface area contributed by atoms with Gasteiger partial charge in [0.2, 0.25) is 5.91 Å². The second-order valence-corrected chi connectivity index (χ2v) is 3.21. The monoisotopic (exact) mass is 241 g/mol. The van der Waals surface area contributed by atoms with Crippen molar-refractivity contribution < 1.29 is 23.5 Å². The highest BCUT2D eigenvalue weighted by Crippen LogP contribution is 2.12. The highest BCUT2D eigenvalue weighted by Gasteiger charge is 2.10. The first-order valence-electron chi connectivity index (χ1n) is 4.58. The molecule has 6 heteroatoms. The zero-order chi connectivity index (χ0) is 13.0. The lowest BCUT2D eigenvalue weighted by Crippen LogP contribution is -2.24. The Hall–Kier alpha value is -2.24. The molecule has 0 atom stereocenters. The molecule has 0 unspecified atom stereocenters. The van der Waals surface area contributed by atoms with Crippen molar-refractivity contribution in [2.75, 3.05) is 0 Å². The molecule has 4 nitrogen and oxygen atoms in total. The van der Waals surface area contributed by atoms with E-state index in [9.17, 15) is 18.4 Å². The Kier molecular flexibility index (Phi) is 3.92. The Bertz CT molecular complexity index is 497. The molecule has 0 saturated heterocycles. The van der Waals surface area contributed by atoms with Gasteiger partial charge in [-0.3, -0.25) is 4.79 Å². The van der Waals surface area contributed by atoms with E-state index in [1.807, 2.05) is 5.32 Å². The number of hydrogen-bond donors (Lipinski definition) is 2. The van der Waals surface area contributed by atoms with E-state index < -0.39 is 29.2 Å². The van der Waals surface area contributed by atoms with Crippen LogP contribution in [0.5, 0.6) is 0 Å². The number of aliphatic carboxylic acids is 1. The summed E-state index contributed by atoms with van der Waals surface area (Å²) >= 11 is 0. The molecule has 0 aromatic heterocycles. The van der Waals surface area contributed by atoms with Gasteiger partial charge in [0.15, 0.2) is 0 Å². The number of rotatable bonds is 3. The van der Waals surface area contributed by atoms with Crippen molar-refractivity contribution >= 4 is 18.0 Å². The third kappa shape index (κ3) is 3.67. The van der Waals surface area contributed by atoms with E-state index in [4.69, 9.17) is 5.11 Å². The zero-order valence-electron chi connectivity index (χ0n) is 8.83. The predicted octanol–water partition coefficient (Wildman–Crippen LogP) is 1.53. The van der Waals surface area contributed by atoms with Crippen LogP contribution in [0.15, 0.2) is 23.9 Å². The minimum Gasteiger partial charge on any atom is -0.477 e. The molecule has 0 fully saturated rings. The minimum absolute atomic E-state index is 0.127. The summed E-state index contributed by atoms with van der Waals surface area (Å²) in [6, 6.07) is 2.69. The number of halogens is 2. The number of hydrogen-bond acceptors (Lipinski definition) is 2. The first kappa shape index (κ1) is 12.8. The minimum atomic E-state index is -1.41. The fourth-order valence-corrected chi connectivity index (χ4v) is 1.11. The lowest BCUT2D eigenvalue weighted by Gasteiger charge is -2.03. The first-order valence-corrected chi connectivity index (χ1v) is 4.58. The number of benzene rings is 1. The summed E-state index contributed by atoms with van der Waals surface area (Å²) in [7, 11) is 0. The van der Waals surface area contributed by atoms with Crippen molar-refractivity contribution in [2.24, 2.45) is 0 Å². The van der Waals surface area contributed by atoms with Gasteiger partial charge in [-0.25, -0.2) is 13.6 Å². The summed E-state index contributed by atoms with van der Waals surface area (Å²) in [5.41, 5.74) is -0.611. The third-order valence-corrected chi connectivity index (χ3v) is 1.80. The molecule has 0 aliphatic rings. The Morgan fingerprint density at radius 3 is 2.47 bits per heavy atom. The van der Waals surface area contributed by atoms with Crippen molar-refractivity contribution in [3.05, 3.63) is 41.1 Å². The molecule has 1 aromatic carbocycles. The maximum absolute atomic E-state index is 13.2. The van der Waals surface area contributed by atoms with Crippen LogP contribution in [-0.2, 0) is 9.59 Å². The molecule has 0 saturated carbocycles. The average molecular weight is 241 g/mol. The van der Waals surface area contributed by atoms with Gasteiger partial charge in [-0.2, -0.15) is 0 Å². The van der Waals surface area contributed by atoms with Crippen molar-refractivity contribution in [2.45, 2.75) is 6.92 Å². The molecule has 1 rings (SSSR count). The standard InChI is InChI=1S/C11H9F2NO3/c1-6(15)14-10(11(16)17)4-7-2-3-8(12)5-9(7)13/h2-5H,1H3,(H,14,15)(H,16,17)/b10-4+. The molecule has 0 heterocycles. The third-order valence-electron chi connectivity index (χ3n) is 1.80. The van der Waals surface area contributed by atoms with Crippen LogP contribution in [0.1, 0.15) is 12.5 Å². The normalized spacial score (nSPS) is 11.1. The van der Waals surface area contributed by atoms with E-state index in [2.05, 4.69) is 0 Å². The number of amides is 1. The van der Waals surface area contributed by atoms with E-state index >= 15 is 0 Å². The molecular formula is C11H9F2NO3. The summed E-state index contributed by atoms with van der Waals surface area (Å²) in [4.78, 5) is 21.5. The van der Waals surface area contributed by atoms with Crippen LogP contribution in [0.3, 0.4) is 0 Å². The summed E-state index contributed by atoms with van der Waals surface area (Å²) in [6.45, 7) is 1.12. The van der Waals surface area contributed by atoms with Gasteiger partial charge in [0.25, 0.3) is 0 Å². The number of carboxylic acid groups (broad SMARTS) is 1. The average Bonchev–Trinajstić information content (AvgIpc) is 2.19. The van der Waals surface area contributed by atoms with Gasteiger partial charge < -0.3 is 10.4 Å². The van der Waals surface area contributed by atoms with Crippen molar-refractivity contribution in [1.29, 1.82) is 0 Å². The second kappa shape index (κ2) is 5.20. The molecule has 1 aromatic rings. The molecule has 0 radical (unpaired) electrons. The molecule has 0 bridgehead atoms. The number of carbonyl (C=O) groups is 2. The fourth-order valence-electron chi connectivity index (χ4n) is 1.11. The molecule has 1 amide bonds. The predicted molar refractivity (Wildman–Crippen MR) is 55.8 cm³/mol. The van der Waals surface area contributed by atoms with Crippen molar-refractivity contribution in [1.82, 2.24) is 5.32 Å². The molecule has 0 aliphatic heterocycles. The smallest absolute Gasteiger partial charge is 0.352 e. The number of carbonyl (C=O) groups excluding carboxylic acids is 1. The summed E-state index contributed by atoms with van der Waals surface area (Å²) in [5, 5.41) is 10.8. The van der Waals surface area contributed by atoms with Crippen LogP contribution >= 0.6 is 0 Å². The molecule has 2 N–H and O–H groups in total. The quantitative estimate of drug-likeness (QED) is 0.788. The molecule has 0 spiro atoms. The lowest BCUT2D eigenvalue weighted by atomic mass is 10.1. The van der Waals surface area contributed by atoms with Gasteiger partial charge in [-0.15, -0.1) is 0 Å². The van der Waals surface area contributed by atoms with Crippen LogP contribution in [-0.4, -0.2) is 17.0 Å².